The molecular formula is C15H13Cl2FO. The van der Waals surface area contributed by atoms with Crippen molar-refractivity contribution in [3.8, 4) is 0 Å². The van der Waals surface area contributed by atoms with Crippen LogP contribution in [0.1, 0.15) is 28.4 Å². The van der Waals surface area contributed by atoms with Gasteiger partial charge in [-0.25, -0.2) is 4.39 Å². The van der Waals surface area contributed by atoms with Gasteiger partial charge in [-0.05, 0) is 48.7 Å². The van der Waals surface area contributed by atoms with Gasteiger partial charge in [-0.3, -0.25) is 0 Å². The lowest BCUT2D eigenvalue weighted by molar-refractivity contribution is 0.214. The highest BCUT2D eigenvalue weighted by Crippen LogP contribution is 2.31. The quantitative estimate of drug-likeness (QED) is 0.842. The van der Waals surface area contributed by atoms with Gasteiger partial charge in [0.25, 0.3) is 0 Å². The Hall–Kier alpha value is -1.09. The molecule has 0 aliphatic heterocycles. The summed E-state index contributed by atoms with van der Waals surface area (Å²) in [5, 5.41) is 11.3. The van der Waals surface area contributed by atoms with E-state index >= 15 is 0 Å². The van der Waals surface area contributed by atoms with Gasteiger partial charge in [-0.15, -0.1) is 0 Å². The van der Waals surface area contributed by atoms with Crippen LogP contribution in [0.15, 0.2) is 30.3 Å². The molecular weight excluding hydrogens is 286 g/mol. The molecule has 0 bridgehead atoms. The summed E-state index contributed by atoms with van der Waals surface area (Å²) < 4.78 is 13.8. The summed E-state index contributed by atoms with van der Waals surface area (Å²) in [4.78, 5) is 0. The van der Waals surface area contributed by atoms with Crippen LogP contribution in [0.3, 0.4) is 0 Å². The topological polar surface area (TPSA) is 20.2 Å². The minimum Gasteiger partial charge on any atom is -0.384 e. The molecule has 0 aromatic heterocycles. The lowest BCUT2D eigenvalue weighted by atomic mass is 9.95. The van der Waals surface area contributed by atoms with Crippen molar-refractivity contribution in [2.75, 3.05) is 0 Å². The molecule has 2 aromatic carbocycles. The highest BCUT2D eigenvalue weighted by molar-refractivity contribution is 6.31. The molecule has 4 heteroatoms. The predicted octanol–water partition coefficient (Wildman–Crippen LogP) is 4.83. The average Bonchev–Trinajstić information content (AvgIpc) is 2.33. The van der Waals surface area contributed by atoms with Gasteiger partial charge in [0.2, 0.25) is 0 Å². The summed E-state index contributed by atoms with van der Waals surface area (Å²) in [6.07, 6.45) is -1.03. The van der Waals surface area contributed by atoms with Gasteiger partial charge in [0.05, 0.1) is 0 Å². The molecule has 100 valence electrons. The third-order valence-corrected chi connectivity index (χ3v) is 3.74. The molecule has 1 nitrogen and oxygen atoms in total. The molecule has 0 amide bonds. The number of halogens is 3. The van der Waals surface area contributed by atoms with Crippen molar-refractivity contribution in [2.45, 2.75) is 20.0 Å². The average molecular weight is 299 g/mol. The third-order valence-electron chi connectivity index (χ3n) is 3.10. The maximum atomic E-state index is 13.8. The summed E-state index contributed by atoms with van der Waals surface area (Å²) >= 11 is 11.7. The van der Waals surface area contributed by atoms with Crippen LogP contribution in [-0.2, 0) is 0 Å². The van der Waals surface area contributed by atoms with Crippen molar-refractivity contribution in [3.63, 3.8) is 0 Å². The molecule has 0 saturated heterocycles. The van der Waals surface area contributed by atoms with Crippen molar-refractivity contribution < 1.29 is 9.50 Å². The minimum atomic E-state index is -1.03. The lowest BCUT2D eigenvalue weighted by Crippen LogP contribution is -2.05. The Bertz CT molecular complexity index is 626. The van der Waals surface area contributed by atoms with Gasteiger partial charge in [0.15, 0.2) is 0 Å². The second-order valence-corrected chi connectivity index (χ2v) is 5.37. The van der Waals surface area contributed by atoms with E-state index in [4.69, 9.17) is 23.2 Å². The molecule has 2 rings (SSSR count). The van der Waals surface area contributed by atoms with Crippen LogP contribution < -0.4 is 0 Å². The molecule has 0 saturated carbocycles. The van der Waals surface area contributed by atoms with Crippen molar-refractivity contribution in [3.05, 3.63) is 68.4 Å². The predicted molar refractivity (Wildman–Crippen MR) is 76.4 cm³/mol. The van der Waals surface area contributed by atoms with Gasteiger partial charge in [0, 0.05) is 15.6 Å². The van der Waals surface area contributed by atoms with Gasteiger partial charge < -0.3 is 5.11 Å². The summed E-state index contributed by atoms with van der Waals surface area (Å²) in [6.45, 7) is 3.67. The lowest BCUT2D eigenvalue weighted by Gasteiger charge is -2.16. The molecule has 0 spiro atoms. The largest absolute Gasteiger partial charge is 0.384 e. The molecule has 1 N–H and O–H groups in total. The summed E-state index contributed by atoms with van der Waals surface area (Å²) in [5.41, 5.74) is 2.51. The molecule has 0 fully saturated rings. The molecule has 19 heavy (non-hydrogen) atoms. The zero-order valence-corrected chi connectivity index (χ0v) is 12.1. The summed E-state index contributed by atoms with van der Waals surface area (Å²) in [6, 6.07) is 7.78. The maximum absolute atomic E-state index is 13.8. The Morgan fingerprint density at radius 2 is 1.68 bits per heavy atom. The first kappa shape index (κ1) is 14.3. The normalized spacial score (nSPS) is 12.5. The molecule has 2 aromatic rings. The first-order valence-electron chi connectivity index (χ1n) is 5.80. The Morgan fingerprint density at radius 3 is 2.32 bits per heavy atom. The number of hydrogen-bond acceptors (Lipinski definition) is 1. The molecule has 1 atom stereocenters. The fourth-order valence-electron chi connectivity index (χ4n) is 1.99. The van der Waals surface area contributed by atoms with Gasteiger partial charge in [0.1, 0.15) is 11.9 Å². The van der Waals surface area contributed by atoms with E-state index < -0.39 is 11.9 Å². The van der Waals surface area contributed by atoms with Crippen molar-refractivity contribution >= 4 is 23.2 Å². The van der Waals surface area contributed by atoms with Gasteiger partial charge in [-0.2, -0.15) is 0 Å². The van der Waals surface area contributed by atoms with E-state index in [2.05, 4.69) is 0 Å². The first-order chi connectivity index (χ1) is 8.90. The second-order valence-electron chi connectivity index (χ2n) is 4.53. The number of aryl methyl sites for hydroxylation is 2. The Kier molecular flexibility index (Phi) is 4.14. The number of benzene rings is 2. The number of rotatable bonds is 2. The highest BCUT2D eigenvalue weighted by Gasteiger charge is 2.18. The van der Waals surface area contributed by atoms with Crippen molar-refractivity contribution in [2.24, 2.45) is 0 Å². The van der Waals surface area contributed by atoms with Crippen LogP contribution in [0.25, 0.3) is 0 Å². The maximum Gasteiger partial charge on any atom is 0.130 e. The Morgan fingerprint density at radius 1 is 1.00 bits per heavy atom. The minimum absolute atomic E-state index is 0.203. The zero-order valence-electron chi connectivity index (χ0n) is 10.5. The van der Waals surface area contributed by atoms with Gasteiger partial charge in [-0.1, -0.05) is 35.3 Å². The van der Waals surface area contributed by atoms with Crippen LogP contribution in [0.4, 0.5) is 4.39 Å². The smallest absolute Gasteiger partial charge is 0.130 e. The van der Waals surface area contributed by atoms with E-state index in [-0.39, 0.29) is 5.56 Å². The monoisotopic (exact) mass is 298 g/mol. The fourth-order valence-corrected chi connectivity index (χ4v) is 2.37. The number of aliphatic hydroxyl groups excluding tert-OH is 1. The van der Waals surface area contributed by atoms with Crippen LogP contribution in [0.5, 0.6) is 0 Å². The molecule has 0 aliphatic rings. The van der Waals surface area contributed by atoms with Crippen LogP contribution in [-0.4, -0.2) is 5.11 Å². The molecule has 0 heterocycles. The second kappa shape index (κ2) is 5.49. The summed E-state index contributed by atoms with van der Waals surface area (Å²) in [7, 11) is 0. The Balaban J connectivity index is 2.49. The fraction of sp³-hybridized carbons (Fsp3) is 0.200. The van der Waals surface area contributed by atoms with Crippen molar-refractivity contribution in [1.82, 2.24) is 0 Å². The molecule has 0 radical (unpaired) electrons. The van der Waals surface area contributed by atoms with E-state index in [0.717, 1.165) is 11.1 Å². The van der Waals surface area contributed by atoms with Crippen molar-refractivity contribution in [1.29, 1.82) is 0 Å². The van der Waals surface area contributed by atoms with E-state index in [1.807, 2.05) is 13.8 Å². The van der Waals surface area contributed by atoms with Crippen LogP contribution in [0, 0.1) is 19.7 Å². The SMILES string of the molecule is Cc1cc(C(O)c2ccc(Cl)cc2F)c(C)cc1Cl. The number of aliphatic hydroxyl groups is 1. The van der Waals surface area contributed by atoms with E-state index in [9.17, 15) is 9.50 Å². The molecule has 1 unspecified atom stereocenters. The first-order valence-corrected chi connectivity index (χ1v) is 6.55. The number of hydrogen-bond donors (Lipinski definition) is 1. The highest BCUT2D eigenvalue weighted by atomic mass is 35.5. The van der Waals surface area contributed by atoms with E-state index in [1.165, 1.54) is 12.1 Å². The van der Waals surface area contributed by atoms with Crippen LogP contribution in [0.2, 0.25) is 10.0 Å². The van der Waals surface area contributed by atoms with Crippen LogP contribution >= 0.6 is 23.2 Å². The van der Waals surface area contributed by atoms with E-state index in [1.54, 1.807) is 18.2 Å². The summed E-state index contributed by atoms with van der Waals surface area (Å²) in [5.74, 6) is -0.521. The zero-order chi connectivity index (χ0) is 14.2. The van der Waals surface area contributed by atoms with Gasteiger partial charge >= 0.3 is 0 Å². The Labute approximate surface area is 121 Å². The molecule has 0 aliphatic carbocycles. The third kappa shape index (κ3) is 2.92. The standard InChI is InChI=1S/C15H13Cl2FO/c1-8-6-13(17)9(2)5-12(8)15(19)11-4-3-10(16)7-14(11)18/h3-7,15,19H,1-2H3. The van der Waals surface area contributed by atoms with E-state index in [0.29, 0.717) is 15.6 Å².